The Morgan fingerprint density at radius 3 is 1.50 bits per heavy atom. The molecular weight excluding hydrogens is 316 g/mol. The van der Waals surface area contributed by atoms with E-state index in [4.69, 9.17) is 0 Å². The molecule has 1 nitrogen and oxygen atoms in total. The fourth-order valence-corrected chi connectivity index (χ4v) is 4.64. The van der Waals surface area contributed by atoms with Crippen LogP contribution in [0.15, 0.2) is 91.0 Å². The van der Waals surface area contributed by atoms with Gasteiger partial charge >= 0.3 is 0 Å². The van der Waals surface area contributed by atoms with Crippen molar-refractivity contribution in [3.8, 4) is 0 Å². The van der Waals surface area contributed by atoms with Crippen LogP contribution in [0.25, 0.3) is 0 Å². The molecule has 0 aromatic heterocycles. The maximum absolute atomic E-state index is 11.5. The Morgan fingerprint density at radius 1 is 0.538 bits per heavy atom. The Bertz CT molecular complexity index is 797. The highest BCUT2D eigenvalue weighted by molar-refractivity contribution is 5.33. The number of hydrogen-bond acceptors (Lipinski definition) is 1. The Balaban J connectivity index is 1.77. The van der Waals surface area contributed by atoms with Crippen LogP contribution in [0.3, 0.4) is 0 Å². The standard InChI is InChI=1S/C25H26O/c26-25-23(20-13-6-2-7-14-20)18-10-17-22(19-11-4-1-5-12-19)24(25)21-15-8-3-9-16-21/h1-9,11-16,22-26H,10,17-18H2. The minimum absolute atomic E-state index is 0.117. The molecule has 0 heterocycles. The topological polar surface area (TPSA) is 20.2 Å². The SMILES string of the molecule is OC1C(c2ccccc2)CCCC(c2ccccc2)C1c1ccccc1. The Kier molecular flexibility index (Phi) is 5.17. The molecule has 1 fully saturated rings. The molecule has 4 unspecified atom stereocenters. The zero-order valence-electron chi connectivity index (χ0n) is 15.0. The summed E-state index contributed by atoms with van der Waals surface area (Å²) in [5.74, 6) is 0.656. The smallest absolute Gasteiger partial charge is 0.0683 e. The van der Waals surface area contributed by atoms with E-state index in [9.17, 15) is 5.11 Å². The fraction of sp³-hybridized carbons (Fsp3) is 0.280. The number of aliphatic hydroxyl groups excluding tert-OH is 1. The van der Waals surface area contributed by atoms with E-state index < -0.39 is 0 Å². The van der Waals surface area contributed by atoms with Gasteiger partial charge in [-0.25, -0.2) is 0 Å². The quantitative estimate of drug-likeness (QED) is 0.589. The first-order chi connectivity index (χ1) is 12.8. The molecular formula is C25H26O. The van der Waals surface area contributed by atoms with Gasteiger partial charge in [-0.1, -0.05) is 97.4 Å². The largest absolute Gasteiger partial charge is 0.392 e. The second-order valence-electron chi connectivity index (χ2n) is 7.39. The lowest BCUT2D eigenvalue weighted by atomic mass is 9.74. The monoisotopic (exact) mass is 342 g/mol. The predicted molar refractivity (Wildman–Crippen MR) is 107 cm³/mol. The average molecular weight is 342 g/mol. The van der Waals surface area contributed by atoms with E-state index >= 15 is 0 Å². The first kappa shape index (κ1) is 17.1. The van der Waals surface area contributed by atoms with Crippen molar-refractivity contribution in [1.82, 2.24) is 0 Å². The minimum atomic E-state index is -0.382. The van der Waals surface area contributed by atoms with Crippen LogP contribution >= 0.6 is 0 Å². The van der Waals surface area contributed by atoms with Gasteiger partial charge in [-0.05, 0) is 35.4 Å². The van der Waals surface area contributed by atoms with E-state index in [1.54, 1.807) is 0 Å². The predicted octanol–water partition coefficient (Wildman–Crippen LogP) is 5.88. The Labute approximate surface area is 156 Å². The maximum atomic E-state index is 11.5. The zero-order chi connectivity index (χ0) is 17.8. The summed E-state index contributed by atoms with van der Waals surface area (Å²) in [6.07, 6.45) is 2.91. The van der Waals surface area contributed by atoms with Crippen molar-refractivity contribution in [2.24, 2.45) is 0 Å². The van der Waals surface area contributed by atoms with Gasteiger partial charge in [-0.3, -0.25) is 0 Å². The van der Waals surface area contributed by atoms with Gasteiger partial charge in [-0.2, -0.15) is 0 Å². The molecule has 1 aliphatic rings. The molecule has 3 aromatic rings. The van der Waals surface area contributed by atoms with E-state index in [0.717, 1.165) is 19.3 Å². The van der Waals surface area contributed by atoms with Gasteiger partial charge in [0.2, 0.25) is 0 Å². The van der Waals surface area contributed by atoms with Crippen molar-refractivity contribution >= 4 is 0 Å². The third-order valence-corrected chi connectivity index (χ3v) is 5.88. The van der Waals surface area contributed by atoms with Crippen molar-refractivity contribution in [2.45, 2.75) is 43.1 Å². The molecule has 3 aromatic carbocycles. The van der Waals surface area contributed by atoms with Crippen LogP contribution in [0.2, 0.25) is 0 Å². The van der Waals surface area contributed by atoms with Crippen molar-refractivity contribution in [2.75, 3.05) is 0 Å². The van der Waals surface area contributed by atoms with Crippen LogP contribution in [-0.4, -0.2) is 11.2 Å². The second kappa shape index (κ2) is 7.88. The summed E-state index contributed by atoms with van der Waals surface area (Å²) in [5.41, 5.74) is 3.85. The zero-order valence-corrected chi connectivity index (χ0v) is 15.0. The molecule has 1 N–H and O–H groups in total. The summed E-state index contributed by atoms with van der Waals surface area (Å²) >= 11 is 0. The lowest BCUT2D eigenvalue weighted by Gasteiger charge is -2.33. The third-order valence-electron chi connectivity index (χ3n) is 5.88. The molecule has 0 saturated heterocycles. The van der Waals surface area contributed by atoms with Gasteiger partial charge in [0.05, 0.1) is 6.10 Å². The Hall–Kier alpha value is -2.38. The normalized spacial score (nSPS) is 26.2. The molecule has 0 amide bonds. The average Bonchev–Trinajstić information content (AvgIpc) is 2.89. The summed E-state index contributed by atoms with van der Waals surface area (Å²) < 4.78 is 0. The molecule has 0 bridgehead atoms. The molecule has 132 valence electrons. The van der Waals surface area contributed by atoms with Gasteiger partial charge < -0.3 is 5.11 Å². The first-order valence-electron chi connectivity index (χ1n) is 9.67. The summed E-state index contributed by atoms with van der Waals surface area (Å²) in [5, 5.41) is 11.5. The number of hydrogen-bond donors (Lipinski definition) is 1. The van der Waals surface area contributed by atoms with Crippen molar-refractivity contribution < 1.29 is 5.11 Å². The van der Waals surface area contributed by atoms with E-state index in [0.29, 0.717) is 5.92 Å². The highest BCUT2D eigenvalue weighted by Crippen LogP contribution is 2.47. The van der Waals surface area contributed by atoms with Crippen molar-refractivity contribution in [3.63, 3.8) is 0 Å². The first-order valence-corrected chi connectivity index (χ1v) is 9.67. The lowest BCUT2D eigenvalue weighted by molar-refractivity contribution is 0.108. The molecule has 1 saturated carbocycles. The minimum Gasteiger partial charge on any atom is -0.392 e. The highest BCUT2D eigenvalue weighted by Gasteiger charge is 2.38. The van der Waals surface area contributed by atoms with Crippen LogP contribution in [-0.2, 0) is 0 Å². The Morgan fingerprint density at radius 2 is 0.962 bits per heavy atom. The molecule has 0 radical (unpaired) electrons. The van der Waals surface area contributed by atoms with Gasteiger partial charge in [0.1, 0.15) is 0 Å². The van der Waals surface area contributed by atoms with E-state index in [1.165, 1.54) is 16.7 Å². The van der Waals surface area contributed by atoms with Gasteiger partial charge in [0.15, 0.2) is 0 Å². The van der Waals surface area contributed by atoms with Gasteiger partial charge in [0, 0.05) is 11.8 Å². The van der Waals surface area contributed by atoms with E-state index in [1.807, 2.05) is 6.07 Å². The molecule has 1 aliphatic carbocycles. The van der Waals surface area contributed by atoms with Crippen molar-refractivity contribution in [3.05, 3.63) is 108 Å². The van der Waals surface area contributed by atoms with Crippen LogP contribution in [0.4, 0.5) is 0 Å². The number of rotatable bonds is 3. The summed E-state index contributed by atoms with van der Waals surface area (Å²) in [4.78, 5) is 0. The van der Waals surface area contributed by atoms with Gasteiger partial charge in [-0.15, -0.1) is 0 Å². The number of benzene rings is 3. The molecule has 1 heteroatoms. The maximum Gasteiger partial charge on any atom is 0.0683 e. The molecule has 4 rings (SSSR count). The van der Waals surface area contributed by atoms with Crippen LogP contribution in [0.5, 0.6) is 0 Å². The highest BCUT2D eigenvalue weighted by atomic mass is 16.3. The van der Waals surface area contributed by atoms with Crippen LogP contribution < -0.4 is 0 Å². The third kappa shape index (κ3) is 3.45. The van der Waals surface area contributed by atoms with Crippen LogP contribution in [0.1, 0.15) is 53.7 Å². The van der Waals surface area contributed by atoms with E-state index in [2.05, 4.69) is 84.9 Å². The summed E-state index contributed by atoms with van der Waals surface area (Å²) in [6, 6.07) is 31.9. The van der Waals surface area contributed by atoms with Crippen LogP contribution in [0, 0.1) is 0 Å². The van der Waals surface area contributed by atoms with Crippen molar-refractivity contribution in [1.29, 1.82) is 0 Å². The van der Waals surface area contributed by atoms with E-state index in [-0.39, 0.29) is 17.9 Å². The molecule has 26 heavy (non-hydrogen) atoms. The summed E-state index contributed by atoms with van der Waals surface area (Å²) in [7, 11) is 0. The molecule has 0 spiro atoms. The lowest BCUT2D eigenvalue weighted by Crippen LogP contribution is -2.28. The number of aliphatic hydroxyl groups is 1. The molecule has 4 atom stereocenters. The fourth-order valence-electron chi connectivity index (χ4n) is 4.64. The molecule has 0 aliphatic heterocycles. The van der Waals surface area contributed by atoms with Gasteiger partial charge in [0.25, 0.3) is 0 Å². The summed E-state index contributed by atoms with van der Waals surface area (Å²) in [6.45, 7) is 0. The second-order valence-corrected chi connectivity index (χ2v) is 7.39.